The molecule has 17 heavy (non-hydrogen) atoms. The fourth-order valence-corrected chi connectivity index (χ4v) is 3.11. The van der Waals surface area contributed by atoms with Crippen LogP contribution in [0, 0.1) is 0 Å². The third kappa shape index (κ3) is 1.78. The molecule has 2 nitrogen and oxygen atoms in total. The van der Waals surface area contributed by atoms with Crippen LogP contribution in [0.3, 0.4) is 0 Å². The van der Waals surface area contributed by atoms with E-state index in [0.29, 0.717) is 0 Å². The first kappa shape index (κ1) is 10.3. The Morgan fingerprint density at radius 2 is 1.71 bits per heavy atom. The SMILES string of the molecule is O=S(c1ccc[nH]1)c1cccc2ccccc12. The summed E-state index contributed by atoms with van der Waals surface area (Å²) in [7, 11) is -1.15. The van der Waals surface area contributed by atoms with Gasteiger partial charge in [0.15, 0.2) is 0 Å². The van der Waals surface area contributed by atoms with Crippen molar-refractivity contribution in [3.05, 3.63) is 60.8 Å². The topological polar surface area (TPSA) is 32.9 Å². The van der Waals surface area contributed by atoms with Gasteiger partial charge in [0.1, 0.15) is 15.8 Å². The first-order chi connectivity index (χ1) is 8.36. The highest BCUT2D eigenvalue weighted by Crippen LogP contribution is 2.24. The molecule has 3 heteroatoms. The second-order valence-electron chi connectivity index (χ2n) is 3.78. The summed E-state index contributed by atoms with van der Waals surface area (Å²) in [6, 6.07) is 17.6. The molecule has 0 aliphatic heterocycles. The zero-order chi connectivity index (χ0) is 11.7. The Labute approximate surface area is 102 Å². The Bertz CT molecular complexity index is 668. The molecule has 1 aromatic heterocycles. The summed E-state index contributed by atoms with van der Waals surface area (Å²) < 4.78 is 12.4. The van der Waals surface area contributed by atoms with Crippen molar-refractivity contribution in [1.29, 1.82) is 0 Å². The maximum Gasteiger partial charge on any atom is 0.109 e. The molecule has 3 rings (SSSR count). The van der Waals surface area contributed by atoms with Crippen LogP contribution in [0.5, 0.6) is 0 Å². The quantitative estimate of drug-likeness (QED) is 0.733. The number of fused-ring (bicyclic) bond motifs is 1. The summed E-state index contributed by atoms with van der Waals surface area (Å²) in [5.74, 6) is 0. The summed E-state index contributed by atoms with van der Waals surface area (Å²) in [5, 5.41) is 2.90. The van der Waals surface area contributed by atoms with Crippen molar-refractivity contribution in [2.75, 3.05) is 0 Å². The maximum absolute atomic E-state index is 12.4. The van der Waals surface area contributed by atoms with Crippen molar-refractivity contribution >= 4 is 21.6 Å². The van der Waals surface area contributed by atoms with Gasteiger partial charge in [-0.3, -0.25) is 0 Å². The first-order valence-electron chi connectivity index (χ1n) is 5.39. The number of H-pyrrole nitrogens is 1. The smallest absolute Gasteiger partial charge is 0.109 e. The van der Waals surface area contributed by atoms with Gasteiger partial charge < -0.3 is 4.98 Å². The molecule has 0 aliphatic rings. The van der Waals surface area contributed by atoms with E-state index in [1.165, 1.54) is 0 Å². The van der Waals surface area contributed by atoms with E-state index in [1.807, 2.05) is 54.6 Å². The van der Waals surface area contributed by atoms with E-state index in [4.69, 9.17) is 0 Å². The van der Waals surface area contributed by atoms with E-state index < -0.39 is 10.8 Å². The number of hydrogen-bond donors (Lipinski definition) is 1. The van der Waals surface area contributed by atoms with Crippen molar-refractivity contribution in [2.45, 2.75) is 9.92 Å². The van der Waals surface area contributed by atoms with E-state index in [9.17, 15) is 4.21 Å². The maximum atomic E-state index is 12.4. The summed E-state index contributed by atoms with van der Waals surface area (Å²) in [4.78, 5) is 3.85. The summed E-state index contributed by atoms with van der Waals surface area (Å²) in [5.41, 5.74) is 0. The fourth-order valence-electron chi connectivity index (χ4n) is 1.91. The van der Waals surface area contributed by atoms with Crippen LogP contribution in [0.1, 0.15) is 0 Å². The summed E-state index contributed by atoms with van der Waals surface area (Å²) in [6.07, 6.45) is 1.79. The minimum absolute atomic E-state index is 0.737. The monoisotopic (exact) mass is 241 g/mol. The lowest BCUT2D eigenvalue weighted by Gasteiger charge is -2.04. The van der Waals surface area contributed by atoms with Crippen LogP contribution in [-0.4, -0.2) is 9.19 Å². The fraction of sp³-hybridized carbons (Fsp3) is 0. The lowest BCUT2D eigenvalue weighted by molar-refractivity contribution is 0.681. The molecule has 0 spiro atoms. The Morgan fingerprint density at radius 3 is 2.53 bits per heavy atom. The van der Waals surface area contributed by atoms with E-state index >= 15 is 0 Å². The van der Waals surface area contributed by atoms with Gasteiger partial charge in [0.2, 0.25) is 0 Å². The van der Waals surface area contributed by atoms with Crippen molar-refractivity contribution in [3.63, 3.8) is 0 Å². The van der Waals surface area contributed by atoms with Gasteiger partial charge in [-0.2, -0.15) is 0 Å². The molecule has 84 valence electrons. The normalized spacial score (nSPS) is 12.7. The van der Waals surface area contributed by atoms with Gasteiger partial charge in [-0.15, -0.1) is 0 Å². The van der Waals surface area contributed by atoms with E-state index in [-0.39, 0.29) is 0 Å². The number of aromatic nitrogens is 1. The molecule has 0 bridgehead atoms. The van der Waals surface area contributed by atoms with E-state index in [1.54, 1.807) is 6.20 Å². The van der Waals surface area contributed by atoms with Crippen LogP contribution in [0.15, 0.2) is 70.7 Å². The molecule has 0 fully saturated rings. The standard InChI is InChI=1S/C14H11NOS/c16-17(14-9-4-10-15-14)13-8-3-6-11-5-1-2-7-12(11)13/h1-10,15H. The number of aromatic amines is 1. The van der Waals surface area contributed by atoms with Crippen LogP contribution in [0.2, 0.25) is 0 Å². The van der Waals surface area contributed by atoms with Gasteiger partial charge in [-0.1, -0.05) is 36.4 Å². The third-order valence-corrected chi connectivity index (χ3v) is 4.13. The number of hydrogen-bond acceptors (Lipinski definition) is 1. The van der Waals surface area contributed by atoms with E-state index in [0.717, 1.165) is 20.7 Å². The Morgan fingerprint density at radius 1 is 0.882 bits per heavy atom. The van der Waals surface area contributed by atoms with Crippen molar-refractivity contribution in [3.8, 4) is 0 Å². The van der Waals surface area contributed by atoms with Gasteiger partial charge in [0.05, 0.1) is 4.90 Å². The van der Waals surface area contributed by atoms with E-state index in [2.05, 4.69) is 4.98 Å². The predicted molar refractivity (Wildman–Crippen MR) is 69.4 cm³/mol. The van der Waals surface area contributed by atoms with Gasteiger partial charge in [0, 0.05) is 6.20 Å². The molecule has 3 aromatic rings. The molecule has 1 N–H and O–H groups in total. The van der Waals surface area contributed by atoms with Crippen molar-refractivity contribution < 1.29 is 4.21 Å². The van der Waals surface area contributed by atoms with Crippen molar-refractivity contribution in [1.82, 2.24) is 4.98 Å². The highest BCUT2D eigenvalue weighted by atomic mass is 32.2. The Hall–Kier alpha value is -1.87. The largest absolute Gasteiger partial charge is 0.354 e. The number of rotatable bonds is 2. The van der Waals surface area contributed by atoms with Gasteiger partial charge in [-0.25, -0.2) is 4.21 Å². The van der Waals surface area contributed by atoms with Gasteiger partial charge >= 0.3 is 0 Å². The minimum Gasteiger partial charge on any atom is -0.354 e. The lowest BCUT2D eigenvalue weighted by atomic mass is 10.1. The minimum atomic E-state index is -1.15. The molecule has 1 atom stereocenters. The zero-order valence-corrected chi connectivity index (χ0v) is 9.91. The Kier molecular flexibility index (Phi) is 2.53. The molecule has 2 aromatic carbocycles. The predicted octanol–water partition coefficient (Wildman–Crippen LogP) is 3.33. The molecule has 0 radical (unpaired) electrons. The lowest BCUT2D eigenvalue weighted by Crippen LogP contribution is -1.93. The van der Waals surface area contributed by atoms with Crippen LogP contribution in [0.25, 0.3) is 10.8 Å². The Balaban J connectivity index is 2.21. The highest BCUT2D eigenvalue weighted by Gasteiger charge is 2.10. The summed E-state index contributed by atoms with van der Waals surface area (Å²) in [6.45, 7) is 0. The molecule has 1 unspecified atom stereocenters. The second kappa shape index (κ2) is 4.18. The molecular formula is C14H11NOS. The zero-order valence-electron chi connectivity index (χ0n) is 9.09. The average molecular weight is 241 g/mol. The first-order valence-corrected chi connectivity index (χ1v) is 6.54. The van der Waals surface area contributed by atoms with Crippen LogP contribution < -0.4 is 0 Å². The molecule has 1 heterocycles. The second-order valence-corrected chi connectivity index (χ2v) is 5.20. The molecule has 0 saturated carbocycles. The number of benzene rings is 2. The van der Waals surface area contributed by atoms with Gasteiger partial charge in [0.25, 0.3) is 0 Å². The van der Waals surface area contributed by atoms with Crippen LogP contribution in [-0.2, 0) is 10.8 Å². The molecular weight excluding hydrogens is 230 g/mol. The average Bonchev–Trinajstić information content (AvgIpc) is 2.91. The molecule has 0 saturated heterocycles. The molecule has 0 amide bonds. The summed E-state index contributed by atoms with van der Waals surface area (Å²) >= 11 is 0. The molecule has 0 aliphatic carbocycles. The van der Waals surface area contributed by atoms with Crippen LogP contribution in [0.4, 0.5) is 0 Å². The number of nitrogens with one attached hydrogen (secondary N) is 1. The third-order valence-electron chi connectivity index (χ3n) is 2.72. The highest BCUT2D eigenvalue weighted by molar-refractivity contribution is 7.85. The van der Waals surface area contributed by atoms with Crippen molar-refractivity contribution in [2.24, 2.45) is 0 Å². The van der Waals surface area contributed by atoms with Crippen LogP contribution >= 0.6 is 0 Å². The van der Waals surface area contributed by atoms with Gasteiger partial charge in [-0.05, 0) is 29.0 Å².